The molecule has 0 bridgehead atoms. The molecule has 4 rings (SSSR count). The number of hydrogen-bond acceptors (Lipinski definition) is 6. The van der Waals surface area contributed by atoms with E-state index in [0.29, 0.717) is 31.5 Å². The molecule has 1 amide bonds. The average Bonchev–Trinajstić information content (AvgIpc) is 2.92. The largest absolute Gasteiger partial charge is 0.495 e. The number of methoxy groups -OCH3 is 2. The molecule has 0 radical (unpaired) electrons. The fourth-order valence-corrected chi connectivity index (χ4v) is 5.99. The maximum atomic E-state index is 12.5. The van der Waals surface area contributed by atoms with Crippen LogP contribution in [0, 0.1) is 5.92 Å². The van der Waals surface area contributed by atoms with Crippen LogP contribution in [-0.2, 0) is 16.1 Å². The van der Waals surface area contributed by atoms with Crippen LogP contribution in [0.25, 0.3) is 0 Å². The molecule has 2 aromatic carbocycles. The molecule has 2 fully saturated rings. The van der Waals surface area contributed by atoms with Gasteiger partial charge in [0.05, 0.1) is 19.4 Å². The van der Waals surface area contributed by atoms with E-state index in [2.05, 4.69) is 44.3 Å². The van der Waals surface area contributed by atoms with Crippen molar-refractivity contribution in [1.82, 2.24) is 15.1 Å². The molecule has 2 aliphatic rings. The van der Waals surface area contributed by atoms with Gasteiger partial charge in [0.1, 0.15) is 5.75 Å². The van der Waals surface area contributed by atoms with Crippen molar-refractivity contribution in [1.29, 1.82) is 0 Å². The van der Waals surface area contributed by atoms with E-state index >= 15 is 0 Å². The van der Waals surface area contributed by atoms with Gasteiger partial charge in [-0.25, -0.2) is 0 Å². The lowest BCUT2D eigenvalue weighted by atomic mass is 9.86. The highest BCUT2D eigenvalue weighted by Crippen LogP contribution is 2.32. The molecule has 2 atom stereocenters. The Labute approximate surface area is 226 Å². The van der Waals surface area contributed by atoms with Crippen molar-refractivity contribution >= 4 is 23.2 Å². The van der Waals surface area contributed by atoms with Crippen LogP contribution < -0.4 is 15.0 Å². The van der Waals surface area contributed by atoms with E-state index in [-0.39, 0.29) is 5.91 Å². The second kappa shape index (κ2) is 14.0. The fraction of sp³-hybridized carbons (Fsp3) is 0.552. The summed E-state index contributed by atoms with van der Waals surface area (Å²) in [5.74, 6) is 1.49. The van der Waals surface area contributed by atoms with Gasteiger partial charge in [-0.15, -0.1) is 0 Å². The number of carbonyl (C=O) groups is 1. The summed E-state index contributed by atoms with van der Waals surface area (Å²) in [5.41, 5.74) is 2.41. The van der Waals surface area contributed by atoms with Crippen LogP contribution >= 0.6 is 11.6 Å². The summed E-state index contributed by atoms with van der Waals surface area (Å²) in [7, 11) is 3.39. The molecule has 2 aliphatic heterocycles. The number of benzene rings is 2. The van der Waals surface area contributed by atoms with Crippen LogP contribution in [0.5, 0.6) is 5.75 Å². The number of nitrogens with zero attached hydrogens (tertiary/aromatic N) is 3. The van der Waals surface area contributed by atoms with Gasteiger partial charge in [-0.05, 0) is 55.1 Å². The summed E-state index contributed by atoms with van der Waals surface area (Å²) in [4.78, 5) is 20.1. The molecule has 0 saturated carbocycles. The summed E-state index contributed by atoms with van der Waals surface area (Å²) in [6, 6.07) is 16.9. The lowest BCUT2D eigenvalue weighted by Gasteiger charge is -2.47. The van der Waals surface area contributed by atoms with Crippen molar-refractivity contribution in [3.8, 4) is 5.75 Å². The Morgan fingerprint density at radius 2 is 1.86 bits per heavy atom. The minimum Gasteiger partial charge on any atom is -0.495 e. The second-order valence-electron chi connectivity index (χ2n) is 10.1. The zero-order valence-electron chi connectivity index (χ0n) is 22.2. The monoisotopic (exact) mass is 528 g/mol. The van der Waals surface area contributed by atoms with Crippen molar-refractivity contribution in [2.45, 2.75) is 31.8 Å². The van der Waals surface area contributed by atoms with Gasteiger partial charge >= 0.3 is 0 Å². The molecular formula is C29H41ClN4O3. The Hall–Kier alpha value is -2.32. The second-order valence-corrected chi connectivity index (χ2v) is 10.5. The first kappa shape index (κ1) is 27.7. The van der Waals surface area contributed by atoms with Crippen LogP contribution in [-0.4, -0.2) is 88.4 Å². The maximum absolute atomic E-state index is 12.5. The fourth-order valence-electron chi connectivity index (χ4n) is 5.78. The zero-order valence-corrected chi connectivity index (χ0v) is 23.0. The molecule has 1 N–H and O–H groups in total. The van der Waals surface area contributed by atoms with Crippen LogP contribution in [0.4, 0.5) is 5.69 Å². The molecule has 0 unspecified atom stereocenters. The van der Waals surface area contributed by atoms with E-state index < -0.39 is 0 Å². The first-order chi connectivity index (χ1) is 18.1. The highest BCUT2D eigenvalue weighted by molar-refractivity contribution is 6.30. The van der Waals surface area contributed by atoms with Gasteiger partial charge < -0.3 is 19.7 Å². The van der Waals surface area contributed by atoms with Gasteiger partial charge in [0.15, 0.2) is 0 Å². The van der Waals surface area contributed by atoms with E-state index in [0.717, 1.165) is 69.4 Å². The van der Waals surface area contributed by atoms with Crippen LogP contribution in [0.3, 0.4) is 0 Å². The number of hydrogen-bond donors (Lipinski definition) is 1. The third-order valence-corrected chi connectivity index (χ3v) is 7.89. The highest BCUT2D eigenvalue weighted by atomic mass is 35.5. The van der Waals surface area contributed by atoms with E-state index in [1.165, 1.54) is 11.3 Å². The topological polar surface area (TPSA) is 57.3 Å². The Balaban J connectivity index is 1.38. The minimum atomic E-state index is 0.115. The zero-order chi connectivity index (χ0) is 26.0. The number of ether oxygens (including phenoxy) is 2. The van der Waals surface area contributed by atoms with Gasteiger partial charge in [0.25, 0.3) is 0 Å². The minimum absolute atomic E-state index is 0.115. The van der Waals surface area contributed by atoms with Crippen LogP contribution in [0.2, 0.25) is 5.02 Å². The van der Waals surface area contributed by atoms with Crippen molar-refractivity contribution in [3.63, 3.8) is 0 Å². The van der Waals surface area contributed by atoms with Crippen molar-refractivity contribution < 1.29 is 14.3 Å². The molecule has 202 valence electrons. The number of piperidine rings is 1. The van der Waals surface area contributed by atoms with Gasteiger partial charge in [-0.1, -0.05) is 35.9 Å². The number of halogens is 1. The third kappa shape index (κ3) is 7.84. The van der Waals surface area contributed by atoms with Crippen molar-refractivity contribution in [3.05, 3.63) is 59.1 Å². The molecule has 0 aliphatic carbocycles. The first-order valence-electron chi connectivity index (χ1n) is 13.4. The van der Waals surface area contributed by atoms with E-state index in [1.54, 1.807) is 14.2 Å². The number of nitrogens with one attached hydrogen (secondary N) is 1. The van der Waals surface area contributed by atoms with Crippen LogP contribution in [0.1, 0.15) is 24.8 Å². The number of anilines is 1. The molecule has 0 spiro atoms. The standard InChI is InChI=1S/C29H41ClN4O3/c1-36-19-13-31-29(35)11-10-24-22-32(21-23-6-5-7-25(30)20-23)14-12-26(24)33-15-17-34(18-16-33)27-8-3-4-9-28(27)37-2/h3-9,20,24,26H,10-19,21-22H2,1-2H3,(H,31,35)/t24-,26+/m0/s1. The lowest BCUT2D eigenvalue weighted by Crippen LogP contribution is -2.56. The van der Waals surface area contributed by atoms with E-state index in [4.69, 9.17) is 21.1 Å². The van der Waals surface area contributed by atoms with E-state index in [9.17, 15) is 4.79 Å². The first-order valence-corrected chi connectivity index (χ1v) is 13.8. The molecular weight excluding hydrogens is 488 g/mol. The Morgan fingerprint density at radius 1 is 1.05 bits per heavy atom. The smallest absolute Gasteiger partial charge is 0.220 e. The highest BCUT2D eigenvalue weighted by Gasteiger charge is 2.35. The van der Waals surface area contributed by atoms with Gasteiger partial charge in [0, 0.05) is 70.4 Å². The van der Waals surface area contributed by atoms with Crippen molar-refractivity contribution in [2.75, 3.05) is 71.5 Å². The quantitative estimate of drug-likeness (QED) is 0.446. The SMILES string of the molecule is COCCNC(=O)CC[C@H]1CN(Cc2cccc(Cl)c2)CC[C@H]1N1CCN(c2ccccc2OC)CC1. The van der Waals surface area contributed by atoms with Gasteiger partial charge in [-0.2, -0.15) is 0 Å². The third-order valence-electron chi connectivity index (χ3n) is 7.65. The van der Waals surface area contributed by atoms with Crippen LogP contribution in [0.15, 0.2) is 48.5 Å². The predicted octanol–water partition coefficient (Wildman–Crippen LogP) is 3.90. The average molecular weight is 529 g/mol. The molecule has 2 aromatic rings. The molecule has 2 saturated heterocycles. The number of carbonyl (C=O) groups excluding carboxylic acids is 1. The number of rotatable bonds is 11. The molecule has 7 nitrogen and oxygen atoms in total. The molecule has 37 heavy (non-hydrogen) atoms. The summed E-state index contributed by atoms with van der Waals surface area (Å²) in [6.07, 6.45) is 2.56. The number of piperazine rings is 1. The number of likely N-dealkylation sites (tertiary alicyclic amines) is 1. The number of para-hydroxylation sites is 2. The summed E-state index contributed by atoms with van der Waals surface area (Å²) in [6.45, 7) is 8.06. The predicted molar refractivity (Wildman–Crippen MR) is 150 cm³/mol. The summed E-state index contributed by atoms with van der Waals surface area (Å²) < 4.78 is 10.7. The van der Waals surface area contributed by atoms with E-state index in [1.807, 2.05) is 24.3 Å². The Morgan fingerprint density at radius 3 is 2.62 bits per heavy atom. The molecule has 0 aromatic heterocycles. The van der Waals surface area contributed by atoms with Crippen molar-refractivity contribution in [2.24, 2.45) is 5.92 Å². The normalized spacial score (nSPS) is 21.1. The van der Waals surface area contributed by atoms with Gasteiger partial charge in [0.2, 0.25) is 5.91 Å². The lowest BCUT2D eigenvalue weighted by molar-refractivity contribution is -0.121. The summed E-state index contributed by atoms with van der Waals surface area (Å²) in [5, 5.41) is 3.77. The Bertz CT molecular complexity index is 999. The number of amides is 1. The maximum Gasteiger partial charge on any atom is 0.220 e. The summed E-state index contributed by atoms with van der Waals surface area (Å²) >= 11 is 6.24. The van der Waals surface area contributed by atoms with Gasteiger partial charge in [-0.3, -0.25) is 14.6 Å². The Kier molecular flexibility index (Phi) is 10.5. The molecule has 2 heterocycles. The molecule has 8 heteroatoms.